The number of rotatable bonds is 6. The summed E-state index contributed by atoms with van der Waals surface area (Å²) >= 11 is 0. The molecule has 0 bridgehead atoms. The molecule has 8 heteroatoms. The third kappa shape index (κ3) is 3.18. The molecule has 0 radical (unpaired) electrons. The molecule has 2 aromatic heterocycles. The van der Waals surface area contributed by atoms with Gasteiger partial charge in [0.2, 0.25) is 11.8 Å². The Kier molecular flexibility index (Phi) is 5.22. The van der Waals surface area contributed by atoms with E-state index < -0.39 is 0 Å². The second-order valence-electron chi connectivity index (χ2n) is 7.17. The van der Waals surface area contributed by atoms with Gasteiger partial charge in [-0.1, -0.05) is 6.92 Å². The van der Waals surface area contributed by atoms with Crippen LogP contribution in [0.4, 0.5) is 5.95 Å². The van der Waals surface area contributed by atoms with Crippen molar-refractivity contribution in [2.45, 2.75) is 45.6 Å². The zero-order chi connectivity index (χ0) is 18.9. The maximum absolute atomic E-state index is 5.72. The van der Waals surface area contributed by atoms with Crippen molar-refractivity contribution in [3.8, 4) is 17.7 Å². The lowest BCUT2D eigenvalue weighted by Crippen LogP contribution is -2.52. The normalized spacial score (nSPS) is 17.1. The summed E-state index contributed by atoms with van der Waals surface area (Å²) in [6.45, 7) is 8.53. The van der Waals surface area contributed by atoms with E-state index in [-0.39, 0.29) is 5.54 Å². The molecule has 2 aromatic rings. The van der Waals surface area contributed by atoms with Crippen LogP contribution in [-0.2, 0) is 7.05 Å². The topological polar surface area (TPSA) is 72.5 Å². The zero-order valence-corrected chi connectivity index (χ0v) is 16.7. The van der Waals surface area contributed by atoms with Crippen molar-refractivity contribution in [1.82, 2.24) is 24.6 Å². The van der Waals surface area contributed by atoms with Gasteiger partial charge < -0.3 is 19.0 Å². The van der Waals surface area contributed by atoms with E-state index in [1.54, 1.807) is 0 Å². The number of hydrogen-bond acceptors (Lipinski definition) is 7. The van der Waals surface area contributed by atoms with Crippen LogP contribution < -0.4 is 9.64 Å². The van der Waals surface area contributed by atoms with E-state index in [0.29, 0.717) is 24.3 Å². The first-order valence-corrected chi connectivity index (χ1v) is 9.34. The van der Waals surface area contributed by atoms with Crippen LogP contribution >= 0.6 is 0 Å². The predicted molar refractivity (Wildman–Crippen MR) is 101 cm³/mol. The Morgan fingerprint density at radius 3 is 2.46 bits per heavy atom. The van der Waals surface area contributed by atoms with E-state index in [0.717, 1.165) is 44.0 Å². The maximum atomic E-state index is 5.72. The van der Waals surface area contributed by atoms with Crippen molar-refractivity contribution in [3.05, 3.63) is 5.69 Å². The van der Waals surface area contributed by atoms with Crippen LogP contribution in [0.15, 0.2) is 4.42 Å². The highest BCUT2D eigenvalue weighted by atomic mass is 16.6. The highest BCUT2D eigenvalue weighted by Crippen LogP contribution is 2.33. The Morgan fingerprint density at radius 1 is 1.19 bits per heavy atom. The molecule has 1 aliphatic rings. The van der Waals surface area contributed by atoms with Gasteiger partial charge in [0.25, 0.3) is 5.89 Å². The standard InChI is InChI=1S/C18H30N6O2/c1-7-18(22(4)5)9-11-24(12-10-18)17-21-20-14(23(17)6)15-19-13(3)16(26-15)25-8-2/h7-12H2,1-6H3. The Labute approximate surface area is 155 Å². The number of oxazole rings is 1. The van der Waals surface area contributed by atoms with Crippen LogP contribution in [0, 0.1) is 6.92 Å². The third-order valence-electron chi connectivity index (χ3n) is 5.66. The van der Waals surface area contributed by atoms with E-state index in [1.807, 2.05) is 25.5 Å². The first-order valence-electron chi connectivity index (χ1n) is 9.34. The highest BCUT2D eigenvalue weighted by molar-refractivity contribution is 5.48. The third-order valence-corrected chi connectivity index (χ3v) is 5.66. The number of nitrogens with zero attached hydrogens (tertiary/aromatic N) is 6. The van der Waals surface area contributed by atoms with Gasteiger partial charge in [0.1, 0.15) is 5.69 Å². The van der Waals surface area contributed by atoms with Gasteiger partial charge in [-0.3, -0.25) is 4.57 Å². The number of anilines is 1. The summed E-state index contributed by atoms with van der Waals surface area (Å²) in [6, 6.07) is 0. The van der Waals surface area contributed by atoms with Gasteiger partial charge in [-0.2, -0.15) is 0 Å². The van der Waals surface area contributed by atoms with Gasteiger partial charge in [-0.25, -0.2) is 4.98 Å². The minimum Gasteiger partial charge on any atom is -0.464 e. The summed E-state index contributed by atoms with van der Waals surface area (Å²) in [6.07, 6.45) is 3.39. The first kappa shape index (κ1) is 18.7. The summed E-state index contributed by atoms with van der Waals surface area (Å²) < 4.78 is 13.1. The van der Waals surface area contributed by atoms with E-state index in [1.165, 1.54) is 0 Å². The lowest BCUT2D eigenvalue weighted by molar-refractivity contribution is 0.111. The van der Waals surface area contributed by atoms with Crippen molar-refractivity contribution < 1.29 is 9.15 Å². The average molecular weight is 362 g/mol. The summed E-state index contributed by atoms with van der Waals surface area (Å²) in [5.41, 5.74) is 1.01. The second kappa shape index (κ2) is 7.26. The molecule has 1 aliphatic heterocycles. The van der Waals surface area contributed by atoms with Crippen molar-refractivity contribution in [1.29, 1.82) is 0 Å². The zero-order valence-electron chi connectivity index (χ0n) is 16.7. The maximum Gasteiger partial charge on any atom is 0.308 e. The predicted octanol–water partition coefficient (Wildman–Crippen LogP) is 2.49. The molecule has 0 N–H and O–H groups in total. The van der Waals surface area contributed by atoms with Crippen LogP contribution in [0.2, 0.25) is 0 Å². The Balaban J connectivity index is 1.79. The summed E-state index contributed by atoms with van der Waals surface area (Å²) in [4.78, 5) is 9.11. The fraction of sp³-hybridized carbons (Fsp3) is 0.722. The molecule has 3 rings (SSSR count). The minimum atomic E-state index is 0.282. The van der Waals surface area contributed by atoms with Crippen LogP contribution in [0.1, 0.15) is 38.8 Å². The molecule has 3 heterocycles. The molecule has 1 fully saturated rings. The molecule has 0 atom stereocenters. The summed E-state index contributed by atoms with van der Waals surface area (Å²) in [5, 5.41) is 8.72. The SMILES string of the molecule is CCOc1oc(-c2nnc(N3CCC(CC)(N(C)C)CC3)n2C)nc1C. The van der Waals surface area contributed by atoms with Crippen LogP contribution in [-0.4, -0.2) is 64.0 Å². The lowest BCUT2D eigenvalue weighted by Gasteiger charge is -2.46. The molecule has 0 saturated carbocycles. The van der Waals surface area contributed by atoms with Gasteiger partial charge in [-0.05, 0) is 47.2 Å². The van der Waals surface area contributed by atoms with Crippen molar-refractivity contribution >= 4 is 5.95 Å². The molecule has 8 nitrogen and oxygen atoms in total. The molecule has 0 unspecified atom stereocenters. The molecule has 1 saturated heterocycles. The van der Waals surface area contributed by atoms with Gasteiger partial charge in [0, 0.05) is 25.7 Å². The summed E-state index contributed by atoms with van der Waals surface area (Å²) in [5.74, 6) is 2.37. The van der Waals surface area contributed by atoms with Crippen LogP contribution in [0.5, 0.6) is 5.95 Å². The molecular weight excluding hydrogens is 332 g/mol. The average Bonchev–Trinajstić information content (AvgIpc) is 3.18. The summed E-state index contributed by atoms with van der Waals surface area (Å²) in [7, 11) is 6.32. The number of aromatic nitrogens is 4. The number of hydrogen-bond donors (Lipinski definition) is 0. The largest absolute Gasteiger partial charge is 0.464 e. The van der Waals surface area contributed by atoms with Crippen molar-refractivity contribution in [2.24, 2.45) is 7.05 Å². The first-order chi connectivity index (χ1) is 12.4. The molecule has 0 aliphatic carbocycles. The molecule has 26 heavy (non-hydrogen) atoms. The Hall–Kier alpha value is -2.09. The molecule has 0 amide bonds. The highest BCUT2D eigenvalue weighted by Gasteiger charge is 2.36. The number of ether oxygens (including phenoxy) is 1. The fourth-order valence-corrected chi connectivity index (χ4v) is 3.77. The minimum absolute atomic E-state index is 0.282. The van der Waals surface area contributed by atoms with Crippen molar-refractivity contribution in [2.75, 3.05) is 38.7 Å². The smallest absolute Gasteiger partial charge is 0.308 e. The number of aryl methyl sites for hydroxylation is 1. The van der Waals surface area contributed by atoms with Crippen molar-refractivity contribution in [3.63, 3.8) is 0 Å². The van der Waals surface area contributed by atoms with Gasteiger partial charge in [0.15, 0.2) is 0 Å². The Bertz CT molecular complexity index is 743. The van der Waals surface area contributed by atoms with E-state index in [4.69, 9.17) is 9.15 Å². The molecule has 0 spiro atoms. The van der Waals surface area contributed by atoms with Gasteiger partial charge in [0.05, 0.1) is 6.61 Å². The fourth-order valence-electron chi connectivity index (χ4n) is 3.77. The van der Waals surface area contributed by atoms with E-state index in [2.05, 4.69) is 46.0 Å². The monoisotopic (exact) mass is 362 g/mol. The molecule has 144 valence electrons. The van der Waals surface area contributed by atoms with Gasteiger partial charge >= 0.3 is 5.95 Å². The van der Waals surface area contributed by atoms with Crippen LogP contribution in [0.3, 0.4) is 0 Å². The molecular formula is C18H30N6O2. The van der Waals surface area contributed by atoms with Gasteiger partial charge in [-0.15, -0.1) is 10.2 Å². The lowest BCUT2D eigenvalue weighted by atomic mass is 9.84. The van der Waals surface area contributed by atoms with Crippen LogP contribution in [0.25, 0.3) is 11.7 Å². The quantitative estimate of drug-likeness (QED) is 0.781. The Morgan fingerprint density at radius 2 is 1.88 bits per heavy atom. The van der Waals surface area contributed by atoms with E-state index in [9.17, 15) is 0 Å². The number of piperidine rings is 1. The van der Waals surface area contributed by atoms with E-state index >= 15 is 0 Å². The second-order valence-corrected chi connectivity index (χ2v) is 7.17. The molecule has 0 aromatic carbocycles.